The number of carbonyl (C=O) groups excluding carboxylic acids is 2. The lowest BCUT2D eigenvalue weighted by Gasteiger charge is -2.28. The summed E-state index contributed by atoms with van der Waals surface area (Å²) in [4.78, 5) is 25.9. The van der Waals surface area contributed by atoms with Gasteiger partial charge in [-0.25, -0.2) is 9.59 Å². The Morgan fingerprint density at radius 1 is 0.686 bits per heavy atom. The van der Waals surface area contributed by atoms with Crippen LogP contribution in [0, 0.1) is 13.8 Å². The van der Waals surface area contributed by atoms with Crippen molar-refractivity contribution >= 4 is 29.0 Å². The van der Waals surface area contributed by atoms with Gasteiger partial charge in [0, 0.05) is 29.2 Å². The number of hydrogen-bond acceptors (Lipinski definition) is 5. The molecule has 3 aromatic rings. The second-order valence-electron chi connectivity index (χ2n) is 8.43. The standard InChI is InChI=1S/C30H31NO4/c1-7-29(32)34-22(5)24-17-25(23(6)35-30(33)8-2)19-28(18-24)31(26-13-9-20(3)10-14-26)27-15-11-21(4)12-16-27/h7-19,22-23H,1-2H2,3-6H3. The van der Waals surface area contributed by atoms with Crippen molar-refractivity contribution in [1.82, 2.24) is 0 Å². The molecule has 35 heavy (non-hydrogen) atoms. The van der Waals surface area contributed by atoms with Crippen LogP contribution in [-0.4, -0.2) is 11.9 Å². The topological polar surface area (TPSA) is 55.8 Å². The summed E-state index contributed by atoms with van der Waals surface area (Å²) in [6.45, 7) is 14.7. The van der Waals surface area contributed by atoms with Gasteiger partial charge in [-0.15, -0.1) is 0 Å². The van der Waals surface area contributed by atoms with E-state index in [1.165, 1.54) is 0 Å². The van der Waals surface area contributed by atoms with E-state index in [4.69, 9.17) is 9.47 Å². The normalized spacial score (nSPS) is 12.2. The molecule has 2 unspecified atom stereocenters. The van der Waals surface area contributed by atoms with Gasteiger partial charge >= 0.3 is 11.9 Å². The quantitative estimate of drug-likeness (QED) is 0.242. The number of ether oxygens (including phenoxy) is 2. The van der Waals surface area contributed by atoms with E-state index in [1.807, 2.05) is 32.0 Å². The van der Waals surface area contributed by atoms with Gasteiger partial charge in [0.1, 0.15) is 12.2 Å². The Hall–Kier alpha value is -4.12. The van der Waals surface area contributed by atoms with Gasteiger partial charge in [-0.2, -0.15) is 0 Å². The van der Waals surface area contributed by atoms with Crippen LogP contribution in [0.5, 0.6) is 0 Å². The Kier molecular flexibility index (Phi) is 8.26. The van der Waals surface area contributed by atoms with Crippen LogP contribution in [0.15, 0.2) is 92.0 Å². The van der Waals surface area contributed by atoms with Crippen molar-refractivity contribution in [1.29, 1.82) is 0 Å². The zero-order chi connectivity index (χ0) is 25.5. The van der Waals surface area contributed by atoms with Gasteiger partial charge in [-0.05, 0) is 81.3 Å². The molecule has 5 nitrogen and oxygen atoms in total. The van der Waals surface area contributed by atoms with Crippen molar-refractivity contribution in [2.24, 2.45) is 0 Å². The number of rotatable bonds is 9. The largest absolute Gasteiger partial charge is 0.455 e. The molecule has 0 amide bonds. The Balaban J connectivity index is 2.19. The van der Waals surface area contributed by atoms with Gasteiger partial charge < -0.3 is 14.4 Å². The lowest BCUT2D eigenvalue weighted by molar-refractivity contribution is -0.143. The minimum Gasteiger partial charge on any atom is -0.455 e. The van der Waals surface area contributed by atoms with E-state index in [-0.39, 0.29) is 0 Å². The fourth-order valence-corrected chi connectivity index (χ4v) is 3.67. The fraction of sp³-hybridized carbons (Fsp3) is 0.200. The van der Waals surface area contributed by atoms with Crippen molar-refractivity contribution in [2.45, 2.75) is 39.9 Å². The third-order valence-corrected chi connectivity index (χ3v) is 5.66. The molecular formula is C30H31NO4. The number of nitrogens with zero attached hydrogens (tertiary/aromatic N) is 1. The average Bonchev–Trinajstić information content (AvgIpc) is 2.86. The summed E-state index contributed by atoms with van der Waals surface area (Å²) >= 11 is 0. The molecule has 0 aliphatic rings. The minimum absolute atomic E-state index is 0.510. The van der Waals surface area contributed by atoms with Gasteiger partial charge in [-0.1, -0.05) is 48.6 Å². The van der Waals surface area contributed by atoms with Gasteiger partial charge in [-0.3, -0.25) is 0 Å². The number of esters is 2. The van der Waals surface area contributed by atoms with Crippen LogP contribution in [0.3, 0.4) is 0 Å². The van der Waals surface area contributed by atoms with Crippen LogP contribution in [0.2, 0.25) is 0 Å². The van der Waals surface area contributed by atoms with Crippen LogP contribution in [0.4, 0.5) is 17.1 Å². The highest BCUT2D eigenvalue weighted by Gasteiger charge is 2.20. The molecule has 180 valence electrons. The molecule has 0 bridgehead atoms. The minimum atomic E-state index is -0.542. The zero-order valence-electron chi connectivity index (χ0n) is 20.7. The summed E-state index contributed by atoms with van der Waals surface area (Å²) in [5.41, 5.74) is 6.61. The lowest BCUT2D eigenvalue weighted by Crippen LogP contribution is -2.14. The van der Waals surface area contributed by atoms with Crippen LogP contribution in [-0.2, 0) is 19.1 Å². The first-order valence-electron chi connectivity index (χ1n) is 11.5. The van der Waals surface area contributed by atoms with E-state index >= 15 is 0 Å². The van der Waals surface area contributed by atoms with Gasteiger partial charge in [0.15, 0.2) is 0 Å². The molecule has 0 saturated heterocycles. The molecule has 5 heteroatoms. The molecule has 0 radical (unpaired) electrons. The zero-order valence-corrected chi connectivity index (χ0v) is 20.7. The maximum Gasteiger partial charge on any atom is 0.330 e. The van der Waals surface area contributed by atoms with Crippen LogP contribution in [0.25, 0.3) is 0 Å². The fourth-order valence-electron chi connectivity index (χ4n) is 3.67. The summed E-state index contributed by atoms with van der Waals surface area (Å²) in [6.07, 6.45) is 1.19. The van der Waals surface area contributed by atoms with Gasteiger partial charge in [0.05, 0.1) is 0 Å². The first-order valence-corrected chi connectivity index (χ1v) is 11.5. The SMILES string of the molecule is C=CC(=O)OC(C)c1cc(C(C)OC(=O)C=C)cc(N(c2ccc(C)cc2)c2ccc(C)cc2)c1. The smallest absolute Gasteiger partial charge is 0.330 e. The molecule has 3 aromatic carbocycles. The van der Waals surface area contributed by atoms with Gasteiger partial charge in [0.25, 0.3) is 0 Å². The van der Waals surface area contributed by atoms with Crippen molar-refractivity contribution in [2.75, 3.05) is 4.90 Å². The summed E-state index contributed by atoms with van der Waals surface area (Å²) in [5.74, 6) is -1.02. The third kappa shape index (κ3) is 6.48. The Bertz CT molecular complexity index is 1120. The summed E-state index contributed by atoms with van der Waals surface area (Å²) in [5, 5.41) is 0. The Labute approximate surface area is 207 Å². The van der Waals surface area contributed by atoms with Crippen molar-refractivity contribution in [3.63, 3.8) is 0 Å². The lowest BCUT2D eigenvalue weighted by atomic mass is 10.0. The summed E-state index contributed by atoms with van der Waals surface area (Å²) in [6, 6.07) is 22.3. The maximum absolute atomic E-state index is 11.9. The van der Waals surface area contributed by atoms with E-state index < -0.39 is 24.1 Å². The molecule has 3 rings (SSSR count). The average molecular weight is 470 g/mol. The van der Waals surface area contributed by atoms with Crippen molar-refractivity contribution < 1.29 is 19.1 Å². The molecular weight excluding hydrogens is 438 g/mol. The second kappa shape index (κ2) is 11.3. The molecule has 0 aliphatic heterocycles. The molecule has 0 aliphatic carbocycles. The van der Waals surface area contributed by atoms with E-state index in [2.05, 4.69) is 66.6 Å². The first-order chi connectivity index (χ1) is 16.7. The molecule has 2 atom stereocenters. The second-order valence-corrected chi connectivity index (χ2v) is 8.43. The maximum atomic E-state index is 11.9. The van der Waals surface area contributed by atoms with Crippen LogP contribution < -0.4 is 4.90 Å². The predicted octanol–water partition coefficient (Wildman–Crippen LogP) is 7.35. The van der Waals surface area contributed by atoms with E-state index in [0.29, 0.717) is 0 Å². The summed E-state index contributed by atoms with van der Waals surface area (Å²) in [7, 11) is 0. The highest BCUT2D eigenvalue weighted by atomic mass is 16.5. The predicted molar refractivity (Wildman–Crippen MR) is 140 cm³/mol. The highest BCUT2D eigenvalue weighted by molar-refractivity contribution is 5.82. The summed E-state index contributed by atoms with van der Waals surface area (Å²) < 4.78 is 11.0. The molecule has 0 saturated carbocycles. The number of hydrogen-bond donors (Lipinski definition) is 0. The monoisotopic (exact) mass is 469 g/mol. The Morgan fingerprint density at radius 2 is 1.06 bits per heavy atom. The number of benzene rings is 3. The Morgan fingerprint density at radius 3 is 1.40 bits per heavy atom. The molecule has 0 heterocycles. The molecule has 0 aromatic heterocycles. The van der Waals surface area contributed by atoms with E-state index in [0.717, 1.165) is 51.5 Å². The number of carbonyl (C=O) groups is 2. The number of aryl methyl sites for hydroxylation is 2. The van der Waals surface area contributed by atoms with Crippen LogP contribution in [0.1, 0.15) is 48.3 Å². The molecule has 0 spiro atoms. The number of anilines is 3. The van der Waals surface area contributed by atoms with E-state index in [1.54, 1.807) is 13.8 Å². The van der Waals surface area contributed by atoms with Crippen molar-refractivity contribution in [3.8, 4) is 0 Å². The van der Waals surface area contributed by atoms with Crippen molar-refractivity contribution in [3.05, 3.63) is 114 Å². The van der Waals surface area contributed by atoms with Gasteiger partial charge in [0.2, 0.25) is 0 Å². The van der Waals surface area contributed by atoms with Crippen LogP contribution >= 0.6 is 0 Å². The first kappa shape index (κ1) is 25.5. The molecule has 0 N–H and O–H groups in total. The highest BCUT2D eigenvalue weighted by Crippen LogP contribution is 2.38. The molecule has 0 fully saturated rings. The third-order valence-electron chi connectivity index (χ3n) is 5.66. The van der Waals surface area contributed by atoms with E-state index in [9.17, 15) is 9.59 Å².